The fraction of sp³-hybridized carbons (Fsp3) is 0.529. The van der Waals surface area contributed by atoms with Crippen LogP contribution in [0.25, 0.3) is 0 Å². The normalized spacial score (nSPS) is 11.9. The number of benzene rings is 1. The van der Waals surface area contributed by atoms with Crippen molar-refractivity contribution < 1.29 is 9.59 Å². The van der Waals surface area contributed by atoms with Crippen molar-refractivity contribution in [2.75, 3.05) is 6.54 Å². The van der Waals surface area contributed by atoms with Gasteiger partial charge in [0.05, 0.1) is 0 Å². The summed E-state index contributed by atoms with van der Waals surface area (Å²) in [6.45, 7) is 4.97. The van der Waals surface area contributed by atoms with Gasteiger partial charge in [0.25, 0.3) is 5.91 Å². The second-order valence-corrected chi connectivity index (χ2v) is 5.46. The molecule has 0 spiro atoms. The molecule has 0 fully saturated rings. The van der Waals surface area contributed by atoms with Crippen LogP contribution in [0.5, 0.6) is 0 Å². The van der Waals surface area contributed by atoms with E-state index >= 15 is 0 Å². The summed E-state index contributed by atoms with van der Waals surface area (Å²) in [6, 6.07) is 7.81. The van der Waals surface area contributed by atoms with Crippen LogP contribution in [0.2, 0.25) is 0 Å². The lowest BCUT2D eigenvalue weighted by Crippen LogP contribution is -2.24. The van der Waals surface area contributed by atoms with Crippen LogP contribution in [0, 0.1) is 0 Å². The number of amides is 2. The quantitative estimate of drug-likeness (QED) is 0.686. The first kappa shape index (κ1) is 17.2. The third-order valence-corrected chi connectivity index (χ3v) is 3.74. The number of carbonyl (C=O) groups excluding carboxylic acids is 2. The third kappa shape index (κ3) is 6.43. The van der Waals surface area contributed by atoms with Gasteiger partial charge >= 0.3 is 0 Å². The number of carbonyl (C=O) groups is 2. The lowest BCUT2D eigenvalue weighted by molar-refractivity contribution is -0.118. The second-order valence-electron chi connectivity index (χ2n) is 5.46. The number of hydrogen-bond acceptors (Lipinski definition) is 2. The van der Waals surface area contributed by atoms with Gasteiger partial charge in [0.15, 0.2) is 0 Å². The first-order chi connectivity index (χ1) is 10.0. The van der Waals surface area contributed by atoms with E-state index in [-0.39, 0.29) is 11.8 Å². The predicted octanol–water partition coefficient (Wildman–Crippen LogP) is 2.98. The molecule has 1 atom stereocenters. The zero-order chi connectivity index (χ0) is 15.7. The van der Waals surface area contributed by atoms with E-state index in [1.54, 1.807) is 0 Å². The van der Waals surface area contributed by atoms with Gasteiger partial charge < -0.3 is 11.1 Å². The average Bonchev–Trinajstić information content (AvgIpc) is 2.49. The first-order valence-corrected chi connectivity index (χ1v) is 7.71. The molecule has 4 heteroatoms. The first-order valence-electron chi connectivity index (χ1n) is 7.71. The van der Waals surface area contributed by atoms with Crippen molar-refractivity contribution in [2.45, 2.75) is 51.9 Å². The molecule has 116 valence electrons. The number of rotatable bonds is 9. The van der Waals surface area contributed by atoms with Crippen LogP contribution in [0.15, 0.2) is 24.3 Å². The van der Waals surface area contributed by atoms with Gasteiger partial charge in [-0.2, -0.15) is 0 Å². The minimum Gasteiger partial charge on any atom is -0.370 e. The maximum Gasteiger partial charge on any atom is 0.251 e. The molecular formula is C17H26N2O2. The highest BCUT2D eigenvalue weighted by Gasteiger charge is 2.07. The van der Waals surface area contributed by atoms with Gasteiger partial charge in [0, 0.05) is 18.5 Å². The van der Waals surface area contributed by atoms with Crippen LogP contribution < -0.4 is 11.1 Å². The number of primary amides is 1. The molecule has 3 N–H and O–H groups in total. The van der Waals surface area contributed by atoms with Crippen molar-refractivity contribution in [1.82, 2.24) is 5.32 Å². The summed E-state index contributed by atoms with van der Waals surface area (Å²) in [5.74, 6) is 0.216. The van der Waals surface area contributed by atoms with E-state index < -0.39 is 0 Å². The highest BCUT2D eigenvalue weighted by molar-refractivity contribution is 5.94. The summed E-state index contributed by atoms with van der Waals surface area (Å²) in [5.41, 5.74) is 7.02. The molecule has 0 saturated heterocycles. The Hall–Kier alpha value is -1.84. The fourth-order valence-corrected chi connectivity index (χ4v) is 2.10. The molecule has 1 aromatic rings. The Bertz CT molecular complexity index is 454. The average molecular weight is 290 g/mol. The van der Waals surface area contributed by atoms with Crippen molar-refractivity contribution in [3.8, 4) is 0 Å². The van der Waals surface area contributed by atoms with Crippen molar-refractivity contribution in [2.24, 2.45) is 5.73 Å². The molecule has 0 saturated carbocycles. The van der Waals surface area contributed by atoms with Crippen LogP contribution in [0.3, 0.4) is 0 Å². The van der Waals surface area contributed by atoms with Crippen LogP contribution in [0.1, 0.15) is 67.8 Å². The fourth-order valence-electron chi connectivity index (χ4n) is 2.10. The highest BCUT2D eigenvalue weighted by Crippen LogP contribution is 2.18. The standard InChI is InChI=1S/C17H26N2O2/c1-3-13(2)14-8-10-15(11-9-14)17(21)19-12-6-4-5-7-16(18)20/h8-11,13H,3-7,12H2,1-2H3,(H2,18,20)(H,19,21). The van der Waals surface area contributed by atoms with E-state index in [0.717, 1.165) is 25.7 Å². The van der Waals surface area contributed by atoms with Crippen molar-refractivity contribution in [3.63, 3.8) is 0 Å². The van der Waals surface area contributed by atoms with E-state index in [1.165, 1.54) is 5.56 Å². The molecule has 1 unspecified atom stereocenters. The minimum atomic E-state index is -0.263. The Labute approximate surface area is 127 Å². The van der Waals surface area contributed by atoms with Gasteiger partial charge in [-0.3, -0.25) is 9.59 Å². The number of nitrogens with one attached hydrogen (secondary N) is 1. The Morgan fingerprint density at radius 1 is 1.14 bits per heavy atom. The SMILES string of the molecule is CCC(C)c1ccc(C(=O)NCCCCCC(N)=O)cc1. The molecule has 0 heterocycles. The molecule has 1 aromatic carbocycles. The maximum atomic E-state index is 12.0. The van der Waals surface area contributed by atoms with E-state index in [9.17, 15) is 9.59 Å². The Kier molecular flexibility index (Phi) is 7.51. The monoisotopic (exact) mass is 290 g/mol. The lowest BCUT2D eigenvalue weighted by Gasteiger charge is -2.10. The molecular weight excluding hydrogens is 264 g/mol. The molecule has 0 bridgehead atoms. The maximum absolute atomic E-state index is 12.0. The van der Waals surface area contributed by atoms with Crippen LogP contribution in [-0.2, 0) is 4.79 Å². The van der Waals surface area contributed by atoms with E-state index in [4.69, 9.17) is 5.73 Å². The third-order valence-electron chi connectivity index (χ3n) is 3.74. The van der Waals surface area contributed by atoms with Crippen molar-refractivity contribution >= 4 is 11.8 Å². The van der Waals surface area contributed by atoms with E-state index in [1.807, 2.05) is 24.3 Å². The molecule has 21 heavy (non-hydrogen) atoms. The number of nitrogens with two attached hydrogens (primary N) is 1. The zero-order valence-electron chi connectivity index (χ0n) is 13.0. The highest BCUT2D eigenvalue weighted by atomic mass is 16.1. The molecule has 0 aromatic heterocycles. The van der Waals surface area contributed by atoms with Gasteiger partial charge in [-0.15, -0.1) is 0 Å². The molecule has 0 aliphatic rings. The molecule has 2 amide bonds. The number of unbranched alkanes of at least 4 members (excludes halogenated alkanes) is 2. The van der Waals surface area contributed by atoms with Gasteiger partial charge in [0.1, 0.15) is 0 Å². The molecule has 0 aliphatic carbocycles. The summed E-state index contributed by atoms with van der Waals surface area (Å²) >= 11 is 0. The number of hydrogen-bond donors (Lipinski definition) is 2. The molecule has 0 aliphatic heterocycles. The largest absolute Gasteiger partial charge is 0.370 e. The van der Waals surface area contributed by atoms with Crippen LogP contribution in [-0.4, -0.2) is 18.4 Å². The Balaban J connectivity index is 2.30. The van der Waals surface area contributed by atoms with Gasteiger partial charge in [-0.05, 0) is 42.9 Å². The summed E-state index contributed by atoms with van der Waals surface area (Å²) in [6.07, 6.45) is 4.07. The van der Waals surface area contributed by atoms with Gasteiger partial charge in [-0.1, -0.05) is 32.4 Å². The van der Waals surface area contributed by atoms with Gasteiger partial charge in [-0.25, -0.2) is 0 Å². The Morgan fingerprint density at radius 2 is 1.81 bits per heavy atom. The van der Waals surface area contributed by atoms with Crippen LogP contribution >= 0.6 is 0 Å². The van der Waals surface area contributed by atoms with Gasteiger partial charge in [0.2, 0.25) is 5.91 Å². The lowest BCUT2D eigenvalue weighted by atomic mass is 9.97. The molecule has 0 radical (unpaired) electrons. The summed E-state index contributed by atoms with van der Waals surface area (Å²) in [4.78, 5) is 22.5. The summed E-state index contributed by atoms with van der Waals surface area (Å²) in [5, 5.41) is 2.89. The smallest absolute Gasteiger partial charge is 0.251 e. The Morgan fingerprint density at radius 3 is 2.38 bits per heavy atom. The van der Waals surface area contributed by atoms with E-state index in [2.05, 4.69) is 19.2 Å². The predicted molar refractivity (Wildman–Crippen MR) is 85.1 cm³/mol. The van der Waals surface area contributed by atoms with Crippen LogP contribution in [0.4, 0.5) is 0 Å². The molecule has 1 rings (SSSR count). The molecule has 4 nitrogen and oxygen atoms in total. The van der Waals surface area contributed by atoms with Crippen molar-refractivity contribution in [3.05, 3.63) is 35.4 Å². The summed E-state index contributed by atoms with van der Waals surface area (Å²) in [7, 11) is 0. The summed E-state index contributed by atoms with van der Waals surface area (Å²) < 4.78 is 0. The van der Waals surface area contributed by atoms with E-state index in [0.29, 0.717) is 24.4 Å². The zero-order valence-corrected chi connectivity index (χ0v) is 13.0. The van der Waals surface area contributed by atoms with Crippen molar-refractivity contribution in [1.29, 1.82) is 0 Å². The topological polar surface area (TPSA) is 72.2 Å². The second kappa shape index (κ2) is 9.16. The minimum absolute atomic E-state index is 0.0411.